The average molecular weight is 568 g/mol. The molecule has 2 saturated heterocycles. The number of carbonyl (C=O) groups is 2. The van der Waals surface area contributed by atoms with Gasteiger partial charge < -0.3 is 14.5 Å². The van der Waals surface area contributed by atoms with E-state index in [1.807, 2.05) is 32.9 Å². The van der Waals surface area contributed by atoms with Crippen LogP contribution in [0.5, 0.6) is 0 Å². The lowest BCUT2D eigenvalue weighted by Crippen LogP contribution is -2.60. The van der Waals surface area contributed by atoms with Crippen LogP contribution in [0.1, 0.15) is 78.0 Å². The predicted molar refractivity (Wildman–Crippen MR) is 161 cm³/mol. The molecule has 2 fully saturated rings. The van der Waals surface area contributed by atoms with Gasteiger partial charge in [0.15, 0.2) is 0 Å². The third kappa shape index (κ3) is 7.79. The van der Waals surface area contributed by atoms with E-state index in [4.69, 9.17) is 16.3 Å². The van der Waals surface area contributed by atoms with E-state index in [9.17, 15) is 9.59 Å². The van der Waals surface area contributed by atoms with Gasteiger partial charge in [-0.15, -0.1) is 0 Å². The van der Waals surface area contributed by atoms with Crippen molar-refractivity contribution < 1.29 is 14.3 Å². The largest absolute Gasteiger partial charge is 0.444 e. The van der Waals surface area contributed by atoms with Crippen LogP contribution in [0.3, 0.4) is 0 Å². The fraction of sp³-hybridized carbons (Fsp3) is 0.576. The van der Waals surface area contributed by atoms with Crippen molar-refractivity contribution in [2.45, 2.75) is 78.5 Å². The highest BCUT2D eigenvalue weighted by Gasteiger charge is 2.41. The molecule has 6 nitrogen and oxygen atoms in total. The Balaban J connectivity index is 1.44. The molecule has 2 atom stereocenters. The third-order valence-electron chi connectivity index (χ3n) is 8.13. The SMILES string of the molecule is CC(C)(C)OC(=O)N1CCC(CC(=O)N2CCN(C(c3ccccc3)c3ccc(Cl)cc3)CC2C(C)(C)C)CC1. The molecule has 0 spiro atoms. The van der Waals surface area contributed by atoms with Gasteiger partial charge in [-0.25, -0.2) is 4.79 Å². The number of piperazine rings is 1. The molecule has 2 amide bonds. The summed E-state index contributed by atoms with van der Waals surface area (Å²) in [4.78, 5) is 32.7. The maximum atomic E-state index is 13.8. The maximum absolute atomic E-state index is 13.8. The molecule has 2 aliphatic rings. The van der Waals surface area contributed by atoms with Crippen molar-refractivity contribution in [2.75, 3.05) is 32.7 Å². The van der Waals surface area contributed by atoms with Gasteiger partial charge in [-0.1, -0.05) is 74.8 Å². The molecule has 0 aliphatic carbocycles. The molecule has 0 radical (unpaired) electrons. The van der Waals surface area contributed by atoms with E-state index in [0.717, 1.165) is 31.0 Å². The molecule has 0 saturated carbocycles. The number of ether oxygens (including phenoxy) is 1. The molecule has 2 aromatic carbocycles. The first-order valence-electron chi connectivity index (χ1n) is 14.6. The first kappa shape index (κ1) is 30.4. The summed E-state index contributed by atoms with van der Waals surface area (Å²) in [5, 5.41) is 0.732. The Hall–Kier alpha value is -2.57. The zero-order chi connectivity index (χ0) is 29.1. The molecule has 2 unspecified atom stereocenters. The van der Waals surface area contributed by atoms with Crippen LogP contribution in [-0.4, -0.2) is 71.1 Å². The third-order valence-corrected chi connectivity index (χ3v) is 8.38. The Morgan fingerprint density at radius 1 is 0.875 bits per heavy atom. The van der Waals surface area contributed by atoms with Gasteiger partial charge in [0, 0.05) is 50.2 Å². The summed E-state index contributed by atoms with van der Waals surface area (Å²) in [6.07, 6.45) is 1.94. The van der Waals surface area contributed by atoms with Gasteiger partial charge in [0.2, 0.25) is 5.91 Å². The zero-order valence-electron chi connectivity index (χ0n) is 25.0. The van der Waals surface area contributed by atoms with E-state index in [0.29, 0.717) is 26.1 Å². The number of likely N-dealkylation sites (tertiary alicyclic amines) is 1. The number of carbonyl (C=O) groups excluding carboxylic acids is 2. The standard InChI is InChI=1S/C33H46ClN3O3/c1-32(2,3)28-23-36(30(25-10-8-7-9-11-25)26-12-14-27(34)15-13-26)20-21-37(28)29(38)22-24-16-18-35(19-17-24)31(39)40-33(4,5)6/h7-15,24,28,30H,16-23H2,1-6H3. The molecule has 0 bridgehead atoms. The second kappa shape index (κ2) is 12.5. The Morgan fingerprint density at radius 3 is 2.05 bits per heavy atom. The number of halogens is 1. The quantitative estimate of drug-likeness (QED) is 0.389. The second-order valence-electron chi connectivity index (χ2n) is 13.4. The van der Waals surface area contributed by atoms with Crippen molar-refractivity contribution in [1.29, 1.82) is 0 Å². The number of nitrogens with zero attached hydrogens (tertiary/aromatic N) is 3. The van der Waals surface area contributed by atoms with E-state index in [-0.39, 0.29) is 35.4 Å². The van der Waals surface area contributed by atoms with Crippen molar-refractivity contribution in [3.63, 3.8) is 0 Å². The molecule has 2 heterocycles. The van der Waals surface area contributed by atoms with Crippen LogP contribution in [0, 0.1) is 11.3 Å². The lowest BCUT2D eigenvalue weighted by atomic mass is 9.82. The Morgan fingerprint density at radius 2 is 1.48 bits per heavy atom. The average Bonchev–Trinajstić information content (AvgIpc) is 2.89. The molecule has 0 N–H and O–H groups in total. The molecular formula is C33H46ClN3O3. The molecule has 218 valence electrons. The topological polar surface area (TPSA) is 53.1 Å². The molecule has 2 aliphatic heterocycles. The number of hydrogen-bond acceptors (Lipinski definition) is 4. The highest BCUT2D eigenvalue weighted by Crippen LogP contribution is 2.36. The zero-order valence-corrected chi connectivity index (χ0v) is 25.8. The first-order chi connectivity index (χ1) is 18.8. The van der Waals surface area contributed by atoms with E-state index in [2.05, 4.69) is 73.0 Å². The van der Waals surface area contributed by atoms with Crippen LogP contribution in [0.15, 0.2) is 54.6 Å². The summed E-state index contributed by atoms with van der Waals surface area (Å²) in [5.74, 6) is 0.522. The number of hydrogen-bond donors (Lipinski definition) is 0. The van der Waals surface area contributed by atoms with E-state index in [1.54, 1.807) is 4.90 Å². The van der Waals surface area contributed by atoms with Crippen LogP contribution in [0.4, 0.5) is 4.79 Å². The fourth-order valence-electron chi connectivity index (χ4n) is 5.98. The highest BCUT2D eigenvalue weighted by molar-refractivity contribution is 6.30. The second-order valence-corrected chi connectivity index (χ2v) is 13.9. The van der Waals surface area contributed by atoms with Gasteiger partial charge in [0.05, 0.1) is 6.04 Å². The van der Waals surface area contributed by atoms with Crippen LogP contribution in [0.2, 0.25) is 5.02 Å². The summed E-state index contributed by atoms with van der Waals surface area (Å²) < 4.78 is 5.54. The monoisotopic (exact) mass is 567 g/mol. The van der Waals surface area contributed by atoms with Crippen LogP contribution in [0.25, 0.3) is 0 Å². The van der Waals surface area contributed by atoms with E-state index >= 15 is 0 Å². The van der Waals surface area contributed by atoms with Crippen molar-refractivity contribution in [3.05, 3.63) is 70.7 Å². The Labute approximate surface area is 245 Å². The van der Waals surface area contributed by atoms with Gasteiger partial charge in [0.1, 0.15) is 5.60 Å². The van der Waals surface area contributed by atoms with Gasteiger partial charge >= 0.3 is 6.09 Å². The molecule has 2 aromatic rings. The number of amides is 2. The molecule has 7 heteroatoms. The van der Waals surface area contributed by atoms with Gasteiger partial charge in [-0.2, -0.15) is 0 Å². The van der Waals surface area contributed by atoms with Crippen LogP contribution in [-0.2, 0) is 9.53 Å². The summed E-state index contributed by atoms with van der Waals surface area (Å²) in [5.41, 5.74) is 1.88. The summed E-state index contributed by atoms with van der Waals surface area (Å²) in [6, 6.07) is 19.0. The molecule has 4 rings (SSSR count). The number of benzene rings is 2. The van der Waals surface area contributed by atoms with Gasteiger partial charge in [-0.3, -0.25) is 9.69 Å². The van der Waals surface area contributed by atoms with Gasteiger partial charge in [0.25, 0.3) is 0 Å². The van der Waals surface area contributed by atoms with Crippen LogP contribution >= 0.6 is 11.6 Å². The first-order valence-corrected chi connectivity index (χ1v) is 15.0. The predicted octanol–water partition coefficient (Wildman–Crippen LogP) is 7.03. The van der Waals surface area contributed by atoms with Gasteiger partial charge in [-0.05, 0) is 68.2 Å². The highest BCUT2D eigenvalue weighted by atomic mass is 35.5. The van der Waals surface area contributed by atoms with E-state index in [1.165, 1.54) is 11.1 Å². The van der Waals surface area contributed by atoms with Crippen molar-refractivity contribution in [1.82, 2.24) is 14.7 Å². The minimum absolute atomic E-state index is 0.0738. The normalized spacial score (nSPS) is 20.3. The summed E-state index contributed by atoms with van der Waals surface area (Å²) in [6.45, 7) is 16.0. The minimum Gasteiger partial charge on any atom is -0.444 e. The van der Waals surface area contributed by atoms with Crippen molar-refractivity contribution in [3.8, 4) is 0 Å². The molecular weight excluding hydrogens is 522 g/mol. The summed E-state index contributed by atoms with van der Waals surface area (Å²) in [7, 11) is 0. The Kier molecular flexibility index (Phi) is 9.51. The minimum atomic E-state index is -0.499. The smallest absolute Gasteiger partial charge is 0.410 e. The summed E-state index contributed by atoms with van der Waals surface area (Å²) >= 11 is 6.23. The van der Waals surface area contributed by atoms with Crippen molar-refractivity contribution >= 4 is 23.6 Å². The fourth-order valence-corrected chi connectivity index (χ4v) is 6.11. The lowest BCUT2D eigenvalue weighted by Gasteiger charge is -2.50. The number of rotatable bonds is 5. The molecule has 40 heavy (non-hydrogen) atoms. The van der Waals surface area contributed by atoms with E-state index < -0.39 is 5.60 Å². The van der Waals surface area contributed by atoms with Crippen LogP contribution < -0.4 is 0 Å². The maximum Gasteiger partial charge on any atom is 0.410 e. The van der Waals surface area contributed by atoms with Crippen molar-refractivity contribution in [2.24, 2.45) is 11.3 Å². The molecule has 0 aromatic heterocycles. The Bertz CT molecular complexity index is 1130. The number of piperidine rings is 1. The lowest BCUT2D eigenvalue weighted by molar-refractivity contribution is -0.141.